The monoisotopic (exact) mass is 299 g/mol. The fourth-order valence-electron chi connectivity index (χ4n) is 2.36. The van der Waals surface area contributed by atoms with Gasteiger partial charge < -0.3 is 9.84 Å². The normalized spacial score (nSPS) is 11.0. The van der Waals surface area contributed by atoms with Crippen molar-refractivity contribution in [3.8, 4) is 0 Å². The lowest BCUT2D eigenvalue weighted by molar-refractivity contribution is 0.0875. The van der Waals surface area contributed by atoms with Crippen molar-refractivity contribution < 1.29 is 9.84 Å². The van der Waals surface area contributed by atoms with Crippen molar-refractivity contribution in [3.63, 3.8) is 0 Å². The summed E-state index contributed by atoms with van der Waals surface area (Å²) in [6.07, 6.45) is 0.706. The Bertz CT molecular complexity index is 460. The number of hydrogen-bond donors (Lipinski definition) is 1. The molecule has 2 rings (SSSR count). The Labute approximate surface area is 133 Å². The molecule has 0 aromatic heterocycles. The molecule has 0 saturated carbocycles. The van der Waals surface area contributed by atoms with Crippen molar-refractivity contribution in [1.29, 1.82) is 0 Å². The molecule has 118 valence electrons. The zero-order valence-corrected chi connectivity index (χ0v) is 13.0. The molecular weight excluding hydrogens is 274 g/mol. The van der Waals surface area contributed by atoms with Crippen LogP contribution in [0.1, 0.15) is 17.5 Å². The Morgan fingerprint density at radius 1 is 0.773 bits per heavy atom. The largest absolute Gasteiger partial charge is 0.396 e. The van der Waals surface area contributed by atoms with Crippen LogP contribution in [-0.4, -0.2) is 36.4 Å². The Kier molecular flexibility index (Phi) is 7.67. The van der Waals surface area contributed by atoms with Crippen molar-refractivity contribution in [2.45, 2.75) is 19.5 Å². The first-order valence-electron chi connectivity index (χ1n) is 7.87. The molecule has 0 aliphatic heterocycles. The fraction of sp³-hybridized carbons (Fsp3) is 0.368. The van der Waals surface area contributed by atoms with Crippen molar-refractivity contribution in [3.05, 3.63) is 71.8 Å². The minimum atomic E-state index is 0.192. The molecule has 2 aromatic rings. The van der Waals surface area contributed by atoms with Gasteiger partial charge in [-0.3, -0.25) is 4.90 Å². The molecule has 0 aliphatic rings. The van der Waals surface area contributed by atoms with Gasteiger partial charge in [-0.2, -0.15) is 0 Å². The van der Waals surface area contributed by atoms with Gasteiger partial charge in [0.05, 0.1) is 6.61 Å². The maximum atomic E-state index is 8.77. The molecule has 0 amide bonds. The lowest BCUT2D eigenvalue weighted by Gasteiger charge is -2.22. The molecule has 22 heavy (non-hydrogen) atoms. The molecule has 3 nitrogen and oxygen atoms in total. The maximum absolute atomic E-state index is 8.77. The van der Waals surface area contributed by atoms with Crippen LogP contribution in [0, 0.1) is 0 Å². The van der Waals surface area contributed by atoms with Crippen LogP contribution in [-0.2, 0) is 17.8 Å². The van der Waals surface area contributed by atoms with E-state index in [2.05, 4.69) is 53.4 Å². The smallest absolute Gasteiger partial charge is 0.0593 e. The average molecular weight is 299 g/mol. The van der Waals surface area contributed by atoms with Gasteiger partial charge in [-0.25, -0.2) is 0 Å². The van der Waals surface area contributed by atoms with Gasteiger partial charge in [0.25, 0.3) is 0 Å². The Balaban J connectivity index is 1.88. The van der Waals surface area contributed by atoms with E-state index < -0.39 is 0 Å². The summed E-state index contributed by atoms with van der Waals surface area (Å²) in [6.45, 7) is 4.23. The molecule has 2 aromatic carbocycles. The standard InChI is InChI=1S/C19H25NO2/c21-13-7-14-22-15-12-20(16-18-8-3-1-4-9-18)17-19-10-5-2-6-11-19/h1-6,8-11,21H,7,12-17H2. The highest BCUT2D eigenvalue weighted by molar-refractivity contribution is 5.17. The van der Waals surface area contributed by atoms with Gasteiger partial charge >= 0.3 is 0 Å². The quantitative estimate of drug-likeness (QED) is 0.684. The minimum absolute atomic E-state index is 0.192. The number of ether oxygens (including phenoxy) is 1. The van der Waals surface area contributed by atoms with E-state index in [9.17, 15) is 0 Å². The second-order valence-electron chi connectivity index (χ2n) is 5.37. The van der Waals surface area contributed by atoms with E-state index in [-0.39, 0.29) is 6.61 Å². The van der Waals surface area contributed by atoms with Crippen molar-refractivity contribution >= 4 is 0 Å². The summed E-state index contributed by atoms with van der Waals surface area (Å²) in [7, 11) is 0. The van der Waals surface area contributed by atoms with Gasteiger partial charge in [0.15, 0.2) is 0 Å². The first-order valence-corrected chi connectivity index (χ1v) is 7.87. The summed E-state index contributed by atoms with van der Waals surface area (Å²) >= 11 is 0. The van der Waals surface area contributed by atoms with E-state index in [1.165, 1.54) is 11.1 Å². The van der Waals surface area contributed by atoms with Crippen LogP contribution in [0.3, 0.4) is 0 Å². The lowest BCUT2D eigenvalue weighted by Crippen LogP contribution is -2.27. The summed E-state index contributed by atoms with van der Waals surface area (Å²) in [5.74, 6) is 0. The number of hydrogen-bond acceptors (Lipinski definition) is 3. The van der Waals surface area contributed by atoms with E-state index in [1.807, 2.05) is 12.1 Å². The summed E-state index contributed by atoms with van der Waals surface area (Å²) in [5.41, 5.74) is 2.63. The van der Waals surface area contributed by atoms with Gasteiger partial charge in [-0.1, -0.05) is 60.7 Å². The molecule has 0 saturated heterocycles. The first-order chi connectivity index (χ1) is 10.9. The molecule has 0 radical (unpaired) electrons. The first kappa shape index (κ1) is 16.7. The zero-order chi connectivity index (χ0) is 15.5. The van der Waals surface area contributed by atoms with Crippen LogP contribution in [0.5, 0.6) is 0 Å². The molecule has 0 bridgehead atoms. The van der Waals surface area contributed by atoms with Crippen LogP contribution in [0.4, 0.5) is 0 Å². The summed E-state index contributed by atoms with van der Waals surface area (Å²) in [6, 6.07) is 21.0. The SMILES string of the molecule is OCCCOCCN(Cc1ccccc1)Cc1ccccc1. The molecule has 0 spiro atoms. The van der Waals surface area contributed by atoms with Crippen LogP contribution < -0.4 is 0 Å². The van der Waals surface area contributed by atoms with Crippen LogP contribution in [0.25, 0.3) is 0 Å². The summed E-state index contributed by atoms with van der Waals surface area (Å²) in [5, 5.41) is 8.77. The second-order valence-corrected chi connectivity index (χ2v) is 5.37. The third kappa shape index (κ3) is 6.39. The Morgan fingerprint density at radius 2 is 1.32 bits per heavy atom. The van der Waals surface area contributed by atoms with Gasteiger partial charge in [0.1, 0.15) is 0 Å². The van der Waals surface area contributed by atoms with Gasteiger partial charge in [-0.05, 0) is 17.5 Å². The molecule has 0 unspecified atom stereocenters. The van der Waals surface area contributed by atoms with Crippen LogP contribution in [0.2, 0.25) is 0 Å². The highest BCUT2D eigenvalue weighted by Crippen LogP contribution is 2.09. The highest BCUT2D eigenvalue weighted by atomic mass is 16.5. The zero-order valence-electron chi connectivity index (χ0n) is 13.0. The lowest BCUT2D eigenvalue weighted by atomic mass is 10.1. The van der Waals surface area contributed by atoms with Crippen molar-refractivity contribution in [2.75, 3.05) is 26.4 Å². The molecule has 0 heterocycles. The number of aliphatic hydroxyl groups excluding tert-OH is 1. The van der Waals surface area contributed by atoms with E-state index in [4.69, 9.17) is 9.84 Å². The average Bonchev–Trinajstić information content (AvgIpc) is 2.56. The minimum Gasteiger partial charge on any atom is -0.396 e. The fourth-order valence-corrected chi connectivity index (χ4v) is 2.36. The number of benzene rings is 2. The molecule has 0 aliphatic carbocycles. The number of nitrogens with zero attached hydrogens (tertiary/aromatic N) is 1. The Morgan fingerprint density at radius 3 is 1.82 bits per heavy atom. The molecule has 3 heteroatoms. The van der Waals surface area contributed by atoms with E-state index in [0.29, 0.717) is 19.6 Å². The molecule has 1 N–H and O–H groups in total. The van der Waals surface area contributed by atoms with E-state index in [0.717, 1.165) is 19.6 Å². The van der Waals surface area contributed by atoms with Crippen molar-refractivity contribution in [1.82, 2.24) is 4.90 Å². The van der Waals surface area contributed by atoms with Gasteiger partial charge in [0.2, 0.25) is 0 Å². The second kappa shape index (κ2) is 10.1. The molecule has 0 fully saturated rings. The topological polar surface area (TPSA) is 32.7 Å². The van der Waals surface area contributed by atoms with Crippen LogP contribution >= 0.6 is 0 Å². The highest BCUT2D eigenvalue weighted by Gasteiger charge is 2.07. The van der Waals surface area contributed by atoms with E-state index in [1.54, 1.807) is 0 Å². The molecular formula is C19H25NO2. The summed E-state index contributed by atoms with van der Waals surface area (Å²) in [4.78, 5) is 2.39. The number of aliphatic hydroxyl groups is 1. The maximum Gasteiger partial charge on any atom is 0.0593 e. The number of rotatable bonds is 10. The van der Waals surface area contributed by atoms with Crippen molar-refractivity contribution in [2.24, 2.45) is 0 Å². The third-order valence-corrected chi connectivity index (χ3v) is 3.50. The van der Waals surface area contributed by atoms with Gasteiger partial charge in [-0.15, -0.1) is 0 Å². The Hall–Kier alpha value is -1.68. The van der Waals surface area contributed by atoms with E-state index >= 15 is 0 Å². The van der Waals surface area contributed by atoms with Gasteiger partial charge in [0, 0.05) is 32.8 Å². The molecule has 0 atom stereocenters. The third-order valence-electron chi connectivity index (χ3n) is 3.50. The van der Waals surface area contributed by atoms with Crippen LogP contribution in [0.15, 0.2) is 60.7 Å². The predicted molar refractivity (Wildman–Crippen MR) is 89.5 cm³/mol. The summed E-state index contributed by atoms with van der Waals surface area (Å²) < 4.78 is 5.58. The predicted octanol–water partition coefficient (Wildman–Crippen LogP) is 3.09.